The summed E-state index contributed by atoms with van der Waals surface area (Å²) in [7, 11) is -10.6. The molecule has 0 aromatic rings. The molecule has 2 heterocycles. The van der Waals surface area contributed by atoms with Gasteiger partial charge in [-0.15, -0.1) is 11.1 Å². The van der Waals surface area contributed by atoms with Gasteiger partial charge in [-0.1, -0.05) is 110 Å². The van der Waals surface area contributed by atoms with Gasteiger partial charge < -0.3 is 7.79 Å². The largest absolute Gasteiger partial charge is 0.367 e. The van der Waals surface area contributed by atoms with E-state index in [0.717, 1.165) is 0 Å². The van der Waals surface area contributed by atoms with E-state index in [-0.39, 0.29) is 5.04 Å². The average Bonchev–Trinajstić information content (AvgIpc) is 2.86. The van der Waals surface area contributed by atoms with E-state index in [1.165, 1.54) is 0 Å². The van der Waals surface area contributed by atoms with Crippen LogP contribution < -0.4 is 0 Å². The molecule has 180 valence electrons. The molecule has 0 aromatic heterocycles. The van der Waals surface area contributed by atoms with Gasteiger partial charge in [0.05, 0.1) is 0 Å². The number of rotatable bonds is 6. The van der Waals surface area contributed by atoms with Crippen molar-refractivity contribution in [1.29, 1.82) is 0 Å². The van der Waals surface area contributed by atoms with Crippen molar-refractivity contribution in [3.8, 4) is 0 Å². The molecule has 3 rings (SSSR count). The number of halogens is 1. The number of fused-ring (bicyclic) bond motifs is 1. The second-order valence-electron chi connectivity index (χ2n) is 15.3. The monoisotopic (exact) mass is 546 g/mol. The van der Waals surface area contributed by atoms with Gasteiger partial charge in [0.15, 0.2) is 7.75 Å². The SMILES string of the molecule is CC1=C(C)[C@]2(C)[C@]3(C)[C@@]1(C)[Si@]3(N([Si](C)(C)C)[Si](C)(C)C)[Si@]2(Cl)N([Si](C)(C)C)[Si](C)(C)C. The lowest BCUT2D eigenvalue weighted by atomic mass is 9.88. The Morgan fingerprint density at radius 1 is 0.581 bits per heavy atom. The highest BCUT2D eigenvalue weighted by Gasteiger charge is 3.12. The number of hydrogen-bond donors (Lipinski definition) is 0. The molecular weight excluding hydrogens is 496 g/mol. The van der Waals surface area contributed by atoms with Crippen molar-refractivity contribution in [2.24, 2.45) is 0 Å². The number of hydrogen-bond acceptors (Lipinski definition) is 2. The van der Waals surface area contributed by atoms with Gasteiger partial charge in [-0.25, -0.2) is 0 Å². The van der Waals surface area contributed by atoms with Crippen LogP contribution in [0.25, 0.3) is 0 Å². The molecular formula is C22H51ClN2Si6. The molecule has 2 saturated heterocycles. The highest BCUT2D eigenvalue weighted by Crippen LogP contribution is 3.10. The van der Waals surface area contributed by atoms with Crippen LogP contribution in [0.2, 0.25) is 93.7 Å². The van der Waals surface area contributed by atoms with Crippen molar-refractivity contribution < 1.29 is 0 Å². The minimum absolute atomic E-state index is 0.213. The molecule has 31 heavy (non-hydrogen) atoms. The van der Waals surface area contributed by atoms with E-state index in [1.54, 1.807) is 11.1 Å². The van der Waals surface area contributed by atoms with Gasteiger partial charge in [-0.2, -0.15) is 0 Å². The molecule has 5 atom stereocenters. The van der Waals surface area contributed by atoms with E-state index < -0.39 is 47.8 Å². The van der Waals surface area contributed by atoms with Crippen LogP contribution in [-0.2, 0) is 0 Å². The average molecular weight is 548 g/mol. The Hall–Kier alpha value is 1.25. The summed E-state index contributed by atoms with van der Waals surface area (Å²) in [5.41, 5.74) is 3.42. The van der Waals surface area contributed by atoms with E-state index in [2.05, 4.69) is 121 Å². The fraction of sp³-hybridized carbons (Fsp3) is 0.909. The van der Waals surface area contributed by atoms with Crippen molar-refractivity contribution in [3.63, 3.8) is 0 Å². The summed E-state index contributed by atoms with van der Waals surface area (Å²) in [6.07, 6.45) is 0. The fourth-order valence-corrected chi connectivity index (χ4v) is 97.1. The van der Waals surface area contributed by atoms with Crippen LogP contribution in [0.15, 0.2) is 11.1 Å². The molecule has 0 aromatic carbocycles. The number of allylic oxidation sites excluding steroid dienone is 2. The first-order valence-electron chi connectivity index (χ1n) is 12.3. The summed E-state index contributed by atoms with van der Waals surface area (Å²) in [5.74, 6) is 0. The minimum atomic E-state index is -2.31. The molecule has 2 aliphatic heterocycles. The summed E-state index contributed by atoms with van der Waals surface area (Å²) in [6, 6.07) is 0. The zero-order chi connectivity index (χ0) is 24.8. The second-order valence-corrected chi connectivity index (χ2v) is 50.6. The third-order valence-corrected chi connectivity index (χ3v) is 61.0. The molecule has 0 unspecified atom stereocenters. The molecule has 9 heteroatoms. The van der Waals surface area contributed by atoms with Gasteiger partial charge in [-0.05, 0) is 18.9 Å². The van der Waals surface area contributed by atoms with Crippen LogP contribution in [0.3, 0.4) is 0 Å². The van der Waals surface area contributed by atoms with Crippen LogP contribution in [0, 0.1) is 0 Å². The molecule has 3 aliphatic rings. The van der Waals surface area contributed by atoms with Crippen LogP contribution in [0.5, 0.6) is 0 Å². The standard InChI is InChI=1S/C22H51ClN2Si6/c1-18-19(2)21(4)22(5)20(18,3)30(22,24(26(6,7)8)27(9,10)11)31(21,23)25(28(12,13)14)29(15,16)17/h1-17H3/t20-,21+,22-,30-,31+/m0/s1. The van der Waals surface area contributed by atoms with Crippen molar-refractivity contribution >= 4 is 58.8 Å². The molecule has 0 radical (unpaired) electrons. The first-order chi connectivity index (χ1) is 13.3. The first-order valence-corrected chi connectivity index (χ1v) is 32.0. The van der Waals surface area contributed by atoms with Crippen LogP contribution in [-0.4, -0.2) is 55.6 Å². The van der Waals surface area contributed by atoms with E-state index in [4.69, 9.17) is 11.1 Å². The summed E-state index contributed by atoms with van der Waals surface area (Å²) in [5, 5.41) is 0.975. The summed E-state index contributed by atoms with van der Waals surface area (Å²) < 4.78 is 6.55. The molecule has 2 nitrogen and oxygen atoms in total. The molecule has 1 aliphatic carbocycles. The first kappa shape index (κ1) is 26.8. The van der Waals surface area contributed by atoms with Gasteiger partial charge in [0.2, 0.25) is 7.06 Å². The Bertz CT molecular complexity index is 837. The molecule has 0 amide bonds. The summed E-state index contributed by atoms with van der Waals surface area (Å²) in [4.78, 5) is 0. The van der Waals surface area contributed by atoms with Crippen molar-refractivity contribution in [1.82, 2.24) is 7.79 Å². The van der Waals surface area contributed by atoms with E-state index in [9.17, 15) is 0 Å². The van der Waals surface area contributed by atoms with E-state index in [1.807, 2.05) is 0 Å². The van der Waals surface area contributed by atoms with Crippen molar-refractivity contribution in [3.05, 3.63) is 11.1 Å². The Morgan fingerprint density at radius 3 is 1.13 bits per heavy atom. The summed E-state index contributed by atoms with van der Waals surface area (Å²) in [6.45, 7) is 44.4. The third kappa shape index (κ3) is 2.41. The predicted molar refractivity (Wildman–Crippen MR) is 158 cm³/mol. The molecule has 0 bridgehead atoms. The Balaban J connectivity index is 2.51. The Labute approximate surface area is 205 Å². The zero-order valence-corrected chi connectivity index (χ0v) is 30.5. The second kappa shape index (κ2) is 6.32. The van der Waals surface area contributed by atoms with Gasteiger partial charge in [0.1, 0.15) is 32.9 Å². The molecule has 2 fully saturated rings. The maximum Gasteiger partial charge on any atom is 0.231 e. The quantitative estimate of drug-likeness (QED) is 0.188. The molecule has 0 saturated carbocycles. The van der Waals surface area contributed by atoms with Crippen LogP contribution in [0.4, 0.5) is 0 Å². The van der Waals surface area contributed by atoms with Crippen molar-refractivity contribution in [2.75, 3.05) is 0 Å². The fourth-order valence-electron chi connectivity index (χ4n) is 9.98. The predicted octanol–water partition coefficient (Wildman–Crippen LogP) is 8.29. The van der Waals surface area contributed by atoms with E-state index in [0.29, 0.717) is 10.1 Å². The lowest BCUT2D eigenvalue weighted by Gasteiger charge is -2.74. The highest BCUT2D eigenvalue weighted by atomic mass is 35.6. The summed E-state index contributed by atoms with van der Waals surface area (Å²) >= 11 is 8.64. The van der Waals surface area contributed by atoms with Gasteiger partial charge in [0, 0.05) is 10.1 Å². The number of nitrogens with zero attached hydrogens (tertiary/aromatic N) is 2. The van der Waals surface area contributed by atoms with Crippen molar-refractivity contribution in [2.45, 2.75) is 128 Å². The molecule has 0 N–H and O–H groups in total. The highest BCUT2D eigenvalue weighted by molar-refractivity contribution is 7.72. The lowest BCUT2D eigenvalue weighted by molar-refractivity contribution is 0.495. The minimum Gasteiger partial charge on any atom is -0.367 e. The van der Waals surface area contributed by atoms with E-state index >= 15 is 0 Å². The maximum absolute atomic E-state index is 8.64. The third-order valence-electron chi connectivity index (χ3n) is 9.92. The maximum atomic E-state index is 8.64. The van der Waals surface area contributed by atoms with Crippen LogP contribution in [0.1, 0.15) is 34.6 Å². The van der Waals surface area contributed by atoms with Gasteiger partial charge in [-0.3, -0.25) is 0 Å². The normalized spacial score (nSPS) is 43.0. The van der Waals surface area contributed by atoms with Gasteiger partial charge >= 0.3 is 0 Å². The smallest absolute Gasteiger partial charge is 0.231 e. The van der Waals surface area contributed by atoms with Crippen LogP contribution >= 0.6 is 11.1 Å². The van der Waals surface area contributed by atoms with Gasteiger partial charge in [0.25, 0.3) is 0 Å². The topological polar surface area (TPSA) is 6.48 Å². The zero-order valence-electron chi connectivity index (χ0n) is 23.8. The lowest BCUT2D eigenvalue weighted by Crippen LogP contribution is -2.93. The Kier molecular flexibility index (Phi) is 5.48. The Morgan fingerprint density at radius 2 is 0.871 bits per heavy atom. The molecule has 0 spiro atoms.